The number of benzene rings is 2. The Balaban J connectivity index is 1.38. The van der Waals surface area contributed by atoms with Gasteiger partial charge in [-0.3, -0.25) is 4.57 Å². The summed E-state index contributed by atoms with van der Waals surface area (Å²) in [4.78, 5) is 22.7. The average molecular weight is 460 g/mol. The quantitative estimate of drug-likeness (QED) is 0.520. The molecule has 1 aliphatic rings. The summed E-state index contributed by atoms with van der Waals surface area (Å²) < 4.78 is 55.8. The van der Waals surface area contributed by atoms with Gasteiger partial charge in [-0.25, -0.2) is 14.2 Å². The molecule has 2 heterocycles. The van der Waals surface area contributed by atoms with Gasteiger partial charge >= 0.3 is 11.9 Å². The predicted molar refractivity (Wildman–Crippen MR) is 115 cm³/mol. The molecule has 0 bridgehead atoms. The SMILES string of the molecule is O=c1nc(N2CC=C(c3ccc(F)cc3)CC2)ncn1Cc1ccc(OCC(F)(F)F)cc1. The maximum atomic E-state index is 13.1. The van der Waals surface area contributed by atoms with Crippen LogP contribution in [-0.2, 0) is 6.54 Å². The Bertz CT molecular complexity index is 1190. The Kier molecular flexibility index (Phi) is 6.43. The van der Waals surface area contributed by atoms with Gasteiger partial charge in [0.1, 0.15) is 17.9 Å². The standard InChI is InChI=1S/C23H20F4N4O2/c24-19-5-3-17(4-6-19)18-9-11-30(12-10-18)21-28-15-31(22(32)29-21)13-16-1-7-20(8-2-16)33-14-23(25,26)27/h1-9,15H,10-14H2. The van der Waals surface area contributed by atoms with Crippen LogP contribution in [0, 0.1) is 5.82 Å². The fourth-order valence-corrected chi connectivity index (χ4v) is 3.44. The van der Waals surface area contributed by atoms with Gasteiger partial charge in [-0.1, -0.05) is 30.3 Å². The van der Waals surface area contributed by atoms with Crippen molar-refractivity contribution < 1.29 is 22.3 Å². The molecule has 1 aromatic heterocycles. The van der Waals surface area contributed by atoms with Crippen LogP contribution in [0.25, 0.3) is 5.57 Å². The third-order valence-corrected chi connectivity index (χ3v) is 5.14. The molecule has 3 aromatic rings. The third-order valence-electron chi connectivity index (χ3n) is 5.14. The molecule has 0 amide bonds. The lowest BCUT2D eigenvalue weighted by Crippen LogP contribution is -2.34. The lowest BCUT2D eigenvalue weighted by molar-refractivity contribution is -0.153. The molecule has 0 spiro atoms. The highest BCUT2D eigenvalue weighted by Crippen LogP contribution is 2.24. The number of hydrogen-bond donors (Lipinski definition) is 0. The van der Waals surface area contributed by atoms with Crippen LogP contribution in [0.3, 0.4) is 0 Å². The number of rotatable bonds is 6. The van der Waals surface area contributed by atoms with Crippen molar-refractivity contribution in [2.75, 3.05) is 24.6 Å². The topological polar surface area (TPSA) is 60.2 Å². The molecule has 10 heteroatoms. The van der Waals surface area contributed by atoms with E-state index in [9.17, 15) is 22.4 Å². The molecule has 0 saturated heterocycles. The normalized spacial score (nSPS) is 14.2. The molecule has 1 aliphatic heterocycles. The van der Waals surface area contributed by atoms with E-state index in [1.54, 1.807) is 24.3 Å². The molecular formula is C23H20F4N4O2. The average Bonchev–Trinajstić information content (AvgIpc) is 2.80. The van der Waals surface area contributed by atoms with Gasteiger partial charge < -0.3 is 9.64 Å². The lowest BCUT2D eigenvalue weighted by atomic mass is 10.00. The van der Waals surface area contributed by atoms with Crippen molar-refractivity contribution in [2.24, 2.45) is 0 Å². The largest absolute Gasteiger partial charge is 0.484 e. The van der Waals surface area contributed by atoms with Gasteiger partial charge in [0.15, 0.2) is 6.61 Å². The minimum Gasteiger partial charge on any atom is -0.484 e. The van der Waals surface area contributed by atoms with E-state index < -0.39 is 18.5 Å². The van der Waals surface area contributed by atoms with E-state index in [-0.39, 0.29) is 18.1 Å². The Morgan fingerprint density at radius 2 is 1.76 bits per heavy atom. The van der Waals surface area contributed by atoms with E-state index in [0.717, 1.165) is 11.1 Å². The van der Waals surface area contributed by atoms with Crippen molar-refractivity contribution in [1.29, 1.82) is 0 Å². The second kappa shape index (κ2) is 9.43. The van der Waals surface area contributed by atoms with E-state index in [0.29, 0.717) is 31.0 Å². The Labute approximate surface area is 186 Å². The molecule has 4 rings (SSSR count). The summed E-state index contributed by atoms with van der Waals surface area (Å²) in [6.45, 7) is -0.0485. The highest BCUT2D eigenvalue weighted by Gasteiger charge is 2.28. The summed E-state index contributed by atoms with van der Waals surface area (Å²) in [5.41, 5.74) is 2.27. The molecule has 0 fully saturated rings. The van der Waals surface area contributed by atoms with E-state index in [1.165, 1.54) is 35.2 Å². The first-order valence-electron chi connectivity index (χ1n) is 10.2. The summed E-state index contributed by atoms with van der Waals surface area (Å²) in [6.07, 6.45) is -0.287. The first-order chi connectivity index (χ1) is 15.8. The van der Waals surface area contributed by atoms with Crippen LogP contribution in [-0.4, -0.2) is 40.4 Å². The van der Waals surface area contributed by atoms with Crippen molar-refractivity contribution in [1.82, 2.24) is 14.5 Å². The molecule has 6 nitrogen and oxygen atoms in total. The van der Waals surface area contributed by atoms with Crippen molar-refractivity contribution in [3.05, 3.63) is 88.4 Å². The number of anilines is 1. The van der Waals surface area contributed by atoms with Crippen LogP contribution < -0.4 is 15.3 Å². The number of aromatic nitrogens is 3. The van der Waals surface area contributed by atoms with Crippen molar-refractivity contribution in [3.8, 4) is 5.75 Å². The second-order valence-corrected chi connectivity index (χ2v) is 7.55. The summed E-state index contributed by atoms with van der Waals surface area (Å²) >= 11 is 0. The molecular weight excluding hydrogens is 440 g/mol. The molecule has 0 N–H and O–H groups in total. The molecule has 0 radical (unpaired) electrons. The zero-order valence-electron chi connectivity index (χ0n) is 17.4. The van der Waals surface area contributed by atoms with Gasteiger partial charge in [0, 0.05) is 13.1 Å². The number of nitrogens with zero attached hydrogens (tertiary/aromatic N) is 4. The second-order valence-electron chi connectivity index (χ2n) is 7.55. The van der Waals surface area contributed by atoms with Crippen LogP contribution >= 0.6 is 0 Å². The van der Waals surface area contributed by atoms with E-state index in [1.807, 2.05) is 11.0 Å². The zero-order chi connectivity index (χ0) is 23.4. The predicted octanol–water partition coefficient (Wildman–Crippen LogP) is 4.06. The molecule has 0 atom stereocenters. The summed E-state index contributed by atoms with van der Waals surface area (Å²) in [7, 11) is 0. The van der Waals surface area contributed by atoms with E-state index >= 15 is 0 Å². The van der Waals surface area contributed by atoms with Gasteiger partial charge in [-0.05, 0) is 47.4 Å². The lowest BCUT2D eigenvalue weighted by Gasteiger charge is -2.26. The maximum absolute atomic E-state index is 13.1. The molecule has 0 unspecified atom stereocenters. The van der Waals surface area contributed by atoms with Crippen molar-refractivity contribution in [2.45, 2.75) is 19.1 Å². The van der Waals surface area contributed by atoms with Gasteiger partial charge in [0.05, 0.1) is 6.54 Å². The minimum absolute atomic E-state index is 0.0909. The summed E-state index contributed by atoms with van der Waals surface area (Å²) in [5, 5.41) is 0. The number of ether oxygens (including phenoxy) is 1. The van der Waals surface area contributed by atoms with E-state index in [4.69, 9.17) is 0 Å². The number of alkyl halides is 3. The van der Waals surface area contributed by atoms with Crippen LogP contribution in [0.15, 0.2) is 65.7 Å². The highest BCUT2D eigenvalue weighted by atomic mass is 19.4. The highest BCUT2D eigenvalue weighted by molar-refractivity contribution is 5.68. The third kappa shape index (κ3) is 5.97. The first kappa shape index (κ1) is 22.5. The van der Waals surface area contributed by atoms with Crippen LogP contribution in [0.1, 0.15) is 17.5 Å². The van der Waals surface area contributed by atoms with Crippen molar-refractivity contribution >= 4 is 11.5 Å². The molecule has 0 saturated carbocycles. The van der Waals surface area contributed by atoms with Crippen molar-refractivity contribution in [3.63, 3.8) is 0 Å². The first-order valence-corrected chi connectivity index (χ1v) is 10.2. The number of hydrogen-bond acceptors (Lipinski definition) is 5. The smallest absolute Gasteiger partial charge is 0.422 e. The van der Waals surface area contributed by atoms with Gasteiger partial charge in [-0.2, -0.15) is 18.2 Å². The fourth-order valence-electron chi connectivity index (χ4n) is 3.44. The molecule has 172 valence electrons. The number of halogens is 4. The Morgan fingerprint density at radius 1 is 1.03 bits per heavy atom. The Morgan fingerprint density at radius 3 is 2.36 bits per heavy atom. The van der Waals surface area contributed by atoms with Gasteiger partial charge in [0.25, 0.3) is 0 Å². The monoisotopic (exact) mass is 460 g/mol. The van der Waals surface area contributed by atoms with Gasteiger partial charge in [0.2, 0.25) is 5.95 Å². The summed E-state index contributed by atoms with van der Waals surface area (Å²) in [5.74, 6) is 0.131. The fraction of sp³-hybridized carbons (Fsp3) is 0.261. The molecule has 2 aromatic carbocycles. The maximum Gasteiger partial charge on any atom is 0.422 e. The van der Waals surface area contributed by atoms with Crippen LogP contribution in [0.2, 0.25) is 0 Å². The molecule has 0 aliphatic carbocycles. The minimum atomic E-state index is -4.41. The molecule has 33 heavy (non-hydrogen) atoms. The summed E-state index contributed by atoms with van der Waals surface area (Å²) in [6, 6.07) is 12.3. The Hall–Kier alpha value is -3.69. The van der Waals surface area contributed by atoms with Crippen LogP contribution in [0.4, 0.5) is 23.5 Å². The zero-order valence-corrected chi connectivity index (χ0v) is 17.4. The van der Waals surface area contributed by atoms with Gasteiger partial charge in [-0.15, -0.1) is 0 Å². The van der Waals surface area contributed by atoms with Crippen LogP contribution in [0.5, 0.6) is 5.75 Å². The van der Waals surface area contributed by atoms with E-state index in [2.05, 4.69) is 14.7 Å².